The summed E-state index contributed by atoms with van der Waals surface area (Å²) >= 11 is 12.1. The van der Waals surface area contributed by atoms with Crippen LogP contribution in [0.1, 0.15) is 52.6 Å². The first-order chi connectivity index (χ1) is 8.75. The van der Waals surface area contributed by atoms with Crippen molar-refractivity contribution in [3.63, 3.8) is 0 Å². The zero-order valence-electron chi connectivity index (χ0n) is 12.6. The van der Waals surface area contributed by atoms with Gasteiger partial charge in [-0.1, -0.05) is 63.9 Å². The summed E-state index contributed by atoms with van der Waals surface area (Å²) in [5.41, 5.74) is 1.53. The molecule has 2 atom stereocenters. The van der Waals surface area contributed by atoms with Crippen molar-refractivity contribution in [3.8, 4) is 0 Å². The van der Waals surface area contributed by atoms with Gasteiger partial charge >= 0.3 is 0 Å². The van der Waals surface area contributed by atoms with E-state index < -0.39 is 0 Å². The molecule has 19 heavy (non-hydrogen) atoms. The summed E-state index contributed by atoms with van der Waals surface area (Å²) < 4.78 is 0. The van der Waals surface area contributed by atoms with Gasteiger partial charge in [-0.05, 0) is 42.0 Å². The molecular formula is C16H25Cl2N. The van der Waals surface area contributed by atoms with E-state index in [0.717, 1.165) is 13.0 Å². The van der Waals surface area contributed by atoms with E-state index in [2.05, 4.69) is 46.0 Å². The third-order valence-electron chi connectivity index (χ3n) is 3.90. The molecule has 0 saturated carbocycles. The molecule has 0 aliphatic carbocycles. The van der Waals surface area contributed by atoms with Gasteiger partial charge < -0.3 is 5.32 Å². The second kappa shape index (κ2) is 6.97. The first kappa shape index (κ1) is 16.8. The van der Waals surface area contributed by atoms with Crippen LogP contribution in [-0.2, 0) is 0 Å². The number of benzene rings is 1. The lowest BCUT2D eigenvalue weighted by atomic mass is 9.82. The van der Waals surface area contributed by atoms with Crippen LogP contribution in [0.25, 0.3) is 0 Å². The molecule has 1 nitrogen and oxygen atoms in total. The molecule has 0 bridgehead atoms. The van der Waals surface area contributed by atoms with Crippen LogP contribution in [0.15, 0.2) is 18.2 Å². The molecule has 2 unspecified atom stereocenters. The Bertz CT molecular complexity index is 410. The maximum atomic E-state index is 6.09. The second-order valence-corrected chi connectivity index (χ2v) is 7.12. The lowest BCUT2D eigenvalue weighted by Gasteiger charge is -2.29. The van der Waals surface area contributed by atoms with Gasteiger partial charge in [-0.15, -0.1) is 0 Å². The molecule has 1 N–H and O–H groups in total. The molecule has 1 aromatic rings. The molecule has 1 aromatic carbocycles. The fourth-order valence-corrected chi connectivity index (χ4v) is 2.16. The lowest BCUT2D eigenvalue weighted by Crippen LogP contribution is -2.32. The van der Waals surface area contributed by atoms with Gasteiger partial charge in [0, 0.05) is 6.04 Å². The summed E-state index contributed by atoms with van der Waals surface area (Å²) in [6.07, 6.45) is 1.04. The summed E-state index contributed by atoms with van der Waals surface area (Å²) in [6, 6.07) is 6.22. The average Bonchev–Trinajstić information content (AvgIpc) is 2.32. The highest BCUT2D eigenvalue weighted by atomic mass is 35.5. The normalized spacial score (nSPS) is 15.3. The molecule has 1 rings (SSSR count). The smallest absolute Gasteiger partial charge is 0.0595 e. The Labute approximate surface area is 127 Å². The maximum absolute atomic E-state index is 6.09. The van der Waals surface area contributed by atoms with Crippen LogP contribution in [0.4, 0.5) is 0 Å². The monoisotopic (exact) mass is 301 g/mol. The maximum Gasteiger partial charge on any atom is 0.0595 e. The van der Waals surface area contributed by atoms with E-state index in [0.29, 0.717) is 27.4 Å². The molecule has 0 radical (unpaired) electrons. The van der Waals surface area contributed by atoms with Crippen molar-refractivity contribution < 1.29 is 0 Å². The molecule has 0 aliphatic rings. The van der Waals surface area contributed by atoms with Crippen LogP contribution in [0.5, 0.6) is 0 Å². The van der Waals surface area contributed by atoms with Gasteiger partial charge in [0.2, 0.25) is 0 Å². The highest BCUT2D eigenvalue weighted by Gasteiger charge is 2.21. The van der Waals surface area contributed by atoms with Gasteiger partial charge in [-0.3, -0.25) is 0 Å². The largest absolute Gasteiger partial charge is 0.310 e. The Balaban J connectivity index is 2.70. The predicted octanol–water partition coefficient (Wildman–Crippen LogP) is 5.72. The Hall–Kier alpha value is -0.240. The van der Waals surface area contributed by atoms with Crippen LogP contribution in [0, 0.1) is 11.3 Å². The van der Waals surface area contributed by atoms with Crippen molar-refractivity contribution in [2.24, 2.45) is 11.3 Å². The zero-order valence-corrected chi connectivity index (χ0v) is 14.1. The summed E-state index contributed by atoms with van der Waals surface area (Å²) in [7, 11) is 0. The van der Waals surface area contributed by atoms with Crippen molar-refractivity contribution in [3.05, 3.63) is 33.8 Å². The molecule has 0 fully saturated rings. The second-order valence-electron chi connectivity index (χ2n) is 6.31. The fraction of sp³-hybridized carbons (Fsp3) is 0.625. The van der Waals surface area contributed by atoms with Gasteiger partial charge in [0.1, 0.15) is 0 Å². The first-order valence-electron chi connectivity index (χ1n) is 6.94. The van der Waals surface area contributed by atoms with Gasteiger partial charge in [0.15, 0.2) is 0 Å². The number of halogens is 2. The molecule has 108 valence electrons. The number of hydrogen-bond acceptors (Lipinski definition) is 1. The van der Waals surface area contributed by atoms with Gasteiger partial charge in [0.25, 0.3) is 0 Å². The van der Waals surface area contributed by atoms with E-state index in [9.17, 15) is 0 Å². The average molecular weight is 302 g/mol. The minimum absolute atomic E-state index is 0.322. The quantitative estimate of drug-likeness (QED) is 0.734. The number of rotatable bonds is 5. The van der Waals surface area contributed by atoms with Gasteiger partial charge in [0.05, 0.1) is 10.0 Å². The minimum Gasteiger partial charge on any atom is -0.310 e. The van der Waals surface area contributed by atoms with Crippen LogP contribution in [-0.4, -0.2) is 6.54 Å². The van der Waals surface area contributed by atoms with E-state index in [1.54, 1.807) is 0 Å². The lowest BCUT2D eigenvalue weighted by molar-refractivity contribution is 0.244. The molecule has 3 heteroatoms. The molecule has 0 spiro atoms. The van der Waals surface area contributed by atoms with E-state index in [4.69, 9.17) is 23.2 Å². The molecule has 0 aromatic heterocycles. The van der Waals surface area contributed by atoms with Crippen molar-refractivity contribution in [1.29, 1.82) is 0 Å². The van der Waals surface area contributed by atoms with Crippen LogP contribution in [0.3, 0.4) is 0 Å². The Morgan fingerprint density at radius 2 is 1.79 bits per heavy atom. The third-order valence-corrected chi connectivity index (χ3v) is 4.64. The van der Waals surface area contributed by atoms with Crippen LogP contribution < -0.4 is 5.32 Å². The summed E-state index contributed by atoms with van der Waals surface area (Å²) in [4.78, 5) is 0. The Morgan fingerprint density at radius 3 is 2.26 bits per heavy atom. The number of hydrogen-bond donors (Lipinski definition) is 1. The van der Waals surface area contributed by atoms with Crippen LogP contribution >= 0.6 is 23.2 Å². The summed E-state index contributed by atoms with van der Waals surface area (Å²) in [5, 5.41) is 4.88. The van der Waals surface area contributed by atoms with Gasteiger partial charge in [-0.2, -0.15) is 0 Å². The van der Waals surface area contributed by atoms with E-state index >= 15 is 0 Å². The van der Waals surface area contributed by atoms with Crippen LogP contribution in [0.2, 0.25) is 10.0 Å². The van der Waals surface area contributed by atoms with Crippen molar-refractivity contribution >= 4 is 23.2 Å². The number of nitrogens with one attached hydrogen (secondary N) is 1. The molecule has 0 heterocycles. The first-order valence-corrected chi connectivity index (χ1v) is 7.69. The van der Waals surface area contributed by atoms with Gasteiger partial charge in [-0.25, -0.2) is 0 Å². The molecular weight excluding hydrogens is 277 g/mol. The summed E-state index contributed by atoms with van der Waals surface area (Å²) in [6.45, 7) is 12.3. The highest BCUT2D eigenvalue weighted by molar-refractivity contribution is 6.42. The molecule has 0 saturated heterocycles. The van der Waals surface area contributed by atoms with E-state index in [1.807, 2.05) is 12.1 Å². The SMILES string of the molecule is CCC(NCC(C)C(C)(C)C)c1ccc(Cl)c(Cl)c1. The Morgan fingerprint density at radius 1 is 1.16 bits per heavy atom. The van der Waals surface area contributed by atoms with Crippen molar-refractivity contribution in [1.82, 2.24) is 5.32 Å². The predicted molar refractivity (Wildman–Crippen MR) is 86.1 cm³/mol. The molecule has 0 amide bonds. The topological polar surface area (TPSA) is 12.0 Å². The van der Waals surface area contributed by atoms with E-state index in [-0.39, 0.29) is 0 Å². The standard InChI is InChI=1S/C16H25Cl2N/c1-6-15(19-10-11(2)16(3,4)5)12-7-8-13(17)14(18)9-12/h7-9,11,15,19H,6,10H2,1-5H3. The van der Waals surface area contributed by atoms with Crippen molar-refractivity contribution in [2.75, 3.05) is 6.54 Å². The molecule has 0 aliphatic heterocycles. The zero-order chi connectivity index (χ0) is 14.6. The third kappa shape index (κ3) is 4.98. The minimum atomic E-state index is 0.322. The summed E-state index contributed by atoms with van der Waals surface area (Å²) in [5.74, 6) is 0.615. The van der Waals surface area contributed by atoms with E-state index in [1.165, 1.54) is 5.56 Å². The fourth-order valence-electron chi connectivity index (χ4n) is 1.85. The van der Waals surface area contributed by atoms with Crippen molar-refractivity contribution in [2.45, 2.75) is 47.1 Å². The highest BCUT2D eigenvalue weighted by Crippen LogP contribution is 2.28. The Kier molecular flexibility index (Phi) is 6.16.